The van der Waals surface area contributed by atoms with Crippen LogP contribution in [0.25, 0.3) is 0 Å². The largest absolute Gasteiger partial charge is 0.481 e. The summed E-state index contributed by atoms with van der Waals surface area (Å²) in [6, 6.07) is -2.18. The third-order valence-corrected chi connectivity index (χ3v) is 0.883. The SMILES string of the molecule is [3H][C@](N)(CCC(=O)O)C(=O)O. The lowest BCUT2D eigenvalue weighted by molar-refractivity contribution is -0.139. The Labute approximate surface area is 58.9 Å². The molecule has 0 bridgehead atoms. The smallest absolute Gasteiger partial charge is 0.320 e. The van der Waals surface area contributed by atoms with Crippen molar-refractivity contribution in [2.75, 3.05) is 0 Å². The topological polar surface area (TPSA) is 101 Å². The Morgan fingerprint density at radius 3 is 2.40 bits per heavy atom. The molecule has 0 saturated carbocycles. The van der Waals surface area contributed by atoms with Gasteiger partial charge in [-0.05, 0) is 6.42 Å². The van der Waals surface area contributed by atoms with E-state index in [9.17, 15) is 9.59 Å². The third kappa shape index (κ3) is 3.85. The van der Waals surface area contributed by atoms with E-state index in [0.717, 1.165) is 0 Å². The molecule has 0 amide bonds. The summed E-state index contributed by atoms with van der Waals surface area (Å²) >= 11 is 0. The van der Waals surface area contributed by atoms with Crippen LogP contribution in [0.2, 0.25) is 0 Å². The van der Waals surface area contributed by atoms with Gasteiger partial charge in [-0.25, -0.2) is 0 Å². The van der Waals surface area contributed by atoms with E-state index < -0.39 is 30.8 Å². The molecule has 0 aromatic heterocycles. The number of carboxylic acids is 2. The number of carboxylic acid groups (broad SMARTS) is 2. The van der Waals surface area contributed by atoms with Crippen molar-refractivity contribution in [3.63, 3.8) is 0 Å². The van der Waals surface area contributed by atoms with Crippen molar-refractivity contribution < 1.29 is 21.2 Å². The van der Waals surface area contributed by atoms with Gasteiger partial charge in [-0.1, -0.05) is 0 Å². The average Bonchev–Trinajstić information content (AvgIpc) is 1.84. The van der Waals surface area contributed by atoms with E-state index in [4.69, 9.17) is 17.3 Å². The van der Waals surface area contributed by atoms with Crippen LogP contribution in [0.5, 0.6) is 0 Å². The Balaban J connectivity index is 3.92. The maximum Gasteiger partial charge on any atom is 0.320 e. The molecule has 4 N–H and O–H groups in total. The van der Waals surface area contributed by atoms with Gasteiger partial charge in [0.2, 0.25) is 0 Å². The highest BCUT2D eigenvalue weighted by atomic mass is 16.4. The van der Waals surface area contributed by atoms with Gasteiger partial charge >= 0.3 is 11.9 Å². The highest BCUT2D eigenvalue weighted by Crippen LogP contribution is 1.93. The lowest BCUT2D eigenvalue weighted by atomic mass is 10.2. The summed E-state index contributed by atoms with van der Waals surface area (Å²) in [4.78, 5) is 20.1. The summed E-state index contributed by atoms with van der Waals surface area (Å²) in [7, 11) is 0. The second-order valence-corrected chi connectivity index (χ2v) is 1.72. The van der Waals surface area contributed by atoms with Gasteiger partial charge in [-0.15, -0.1) is 0 Å². The van der Waals surface area contributed by atoms with E-state index >= 15 is 0 Å². The number of carbonyl (C=O) groups is 2. The van der Waals surface area contributed by atoms with Gasteiger partial charge in [0.1, 0.15) is 6.02 Å². The molecule has 0 aromatic carbocycles. The van der Waals surface area contributed by atoms with Gasteiger partial charge < -0.3 is 15.9 Å². The van der Waals surface area contributed by atoms with Crippen LogP contribution in [-0.2, 0) is 9.59 Å². The summed E-state index contributed by atoms with van der Waals surface area (Å²) in [5.41, 5.74) is 4.91. The summed E-state index contributed by atoms with van der Waals surface area (Å²) < 4.78 is 6.89. The minimum atomic E-state index is -2.18. The van der Waals surface area contributed by atoms with Crippen LogP contribution < -0.4 is 5.73 Å². The molecule has 0 aromatic rings. The van der Waals surface area contributed by atoms with Gasteiger partial charge in [0, 0.05) is 6.42 Å². The molecule has 5 heteroatoms. The van der Waals surface area contributed by atoms with Crippen molar-refractivity contribution in [1.82, 2.24) is 0 Å². The quantitative estimate of drug-likeness (QED) is 0.489. The second-order valence-electron chi connectivity index (χ2n) is 1.72. The van der Waals surface area contributed by atoms with E-state index in [1.165, 1.54) is 0 Å². The van der Waals surface area contributed by atoms with Gasteiger partial charge in [-0.3, -0.25) is 9.59 Å². The van der Waals surface area contributed by atoms with Crippen LogP contribution in [0.1, 0.15) is 14.2 Å². The van der Waals surface area contributed by atoms with Crippen LogP contribution in [0, 0.1) is 0 Å². The Hall–Kier alpha value is -1.10. The average molecular weight is 149 g/mol. The molecule has 0 aliphatic rings. The van der Waals surface area contributed by atoms with Crippen LogP contribution in [0.4, 0.5) is 0 Å². The molecular weight excluding hydrogens is 138 g/mol. The molecule has 0 saturated heterocycles. The Morgan fingerprint density at radius 2 is 2.10 bits per heavy atom. The van der Waals surface area contributed by atoms with Crippen molar-refractivity contribution in [3.8, 4) is 0 Å². The van der Waals surface area contributed by atoms with E-state index in [1.807, 2.05) is 0 Å². The van der Waals surface area contributed by atoms with Crippen molar-refractivity contribution in [1.29, 1.82) is 0 Å². The van der Waals surface area contributed by atoms with Crippen molar-refractivity contribution >= 4 is 11.9 Å². The Morgan fingerprint density at radius 1 is 1.60 bits per heavy atom. The van der Waals surface area contributed by atoms with E-state index in [0.29, 0.717) is 0 Å². The second kappa shape index (κ2) is 3.84. The molecule has 0 aliphatic heterocycles. The summed E-state index contributed by atoms with van der Waals surface area (Å²) in [6.45, 7) is 0. The van der Waals surface area contributed by atoms with Gasteiger partial charge in [0.15, 0.2) is 0 Å². The predicted octanol–water partition coefficient (Wildman–Crippen LogP) is -0.737. The van der Waals surface area contributed by atoms with Gasteiger partial charge in [0.05, 0.1) is 1.37 Å². The molecule has 0 rings (SSSR count). The van der Waals surface area contributed by atoms with E-state index in [-0.39, 0.29) is 0 Å². The molecule has 0 aliphatic carbocycles. The normalized spacial score (nSPS) is 17.1. The number of rotatable bonds is 4. The molecule has 1 atom stereocenters. The predicted molar refractivity (Wildman–Crippen MR) is 32.5 cm³/mol. The monoisotopic (exact) mass is 149 g/mol. The van der Waals surface area contributed by atoms with Crippen molar-refractivity contribution in [3.05, 3.63) is 0 Å². The summed E-state index contributed by atoms with van der Waals surface area (Å²) in [5, 5.41) is 16.4. The number of nitrogens with two attached hydrogens (primary N) is 1. The van der Waals surface area contributed by atoms with Gasteiger partial charge in [0.25, 0.3) is 0 Å². The first-order valence-electron chi connectivity index (χ1n) is 3.10. The fourth-order valence-corrected chi connectivity index (χ4v) is 0.349. The fraction of sp³-hybridized carbons (Fsp3) is 0.600. The van der Waals surface area contributed by atoms with E-state index in [2.05, 4.69) is 0 Å². The molecule has 0 spiro atoms. The molecule has 5 nitrogen and oxygen atoms in total. The van der Waals surface area contributed by atoms with Crippen LogP contribution >= 0.6 is 0 Å². The lowest BCUT2D eigenvalue weighted by Gasteiger charge is -2.01. The molecule has 0 heterocycles. The molecule has 0 fully saturated rings. The van der Waals surface area contributed by atoms with Crippen LogP contribution in [0.15, 0.2) is 0 Å². The van der Waals surface area contributed by atoms with E-state index in [1.54, 1.807) is 0 Å². The Bertz CT molecular complexity index is 179. The molecule has 0 unspecified atom stereocenters. The zero-order valence-corrected chi connectivity index (χ0v) is 5.20. The van der Waals surface area contributed by atoms with Crippen LogP contribution in [0.3, 0.4) is 0 Å². The molecule has 0 radical (unpaired) electrons. The number of hydrogen-bond acceptors (Lipinski definition) is 3. The minimum absolute atomic E-state index is 0.391. The zero-order chi connectivity index (χ0) is 9.07. The van der Waals surface area contributed by atoms with Gasteiger partial charge in [-0.2, -0.15) is 0 Å². The zero-order valence-electron chi connectivity index (χ0n) is 6.20. The molecule has 58 valence electrons. The Kier molecular flexibility index (Phi) is 2.69. The number of hydrogen-bond donors (Lipinski definition) is 3. The first-order chi connectivity index (χ1) is 4.86. The maximum atomic E-state index is 10.1. The standard InChI is InChI=1S/C5H9NO4/c6-3(5(9)10)1-2-4(7)8/h3H,1-2,6H2,(H,7,8)(H,9,10)/t3-/m0/s1/i3T. The number of aliphatic carboxylic acids is 2. The molecular formula is C5H9NO4. The fourth-order valence-electron chi connectivity index (χ4n) is 0.349. The first kappa shape index (κ1) is 7.01. The summed E-state index contributed by atoms with van der Waals surface area (Å²) in [5.74, 6) is -2.67. The highest BCUT2D eigenvalue weighted by Gasteiger charge is 2.12. The molecule has 10 heavy (non-hydrogen) atoms. The minimum Gasteiger partial charge on any atom is -0.481 e. The third-order valence-electron chi connectivity index (χ3n) is 0.883. The highest BCUT2D eigenvalue weighted by molar-refractivity contribution is 5.74. The van der Waals surface area contributed by atoms with Crippen molar-refractivity contribution in [2.45, 2.75) is 18.9 Å². The lowest BCUT2D eigenvalue weighted by Crippen LogP contribution is -2.30. The maximum absolute atomic E-state index is 10.1. The van der Waals surface area contributed by atoms with Crippen LogP contribution in [-0.4, -0.2) is 28.2 Å². The first-order valence-corrected chi connectivity index (χ1v) is 2.60. The summed E-state index contributed by atoms with van der Waals surface area (Å²) in [6.07, 6.45) is -0.802. The van der Waals surface area contributed by atoms with Crippen molar-refractivity contribution in [2.24, 2.45) is 5.73 Å².